The van der Waals surface area contributed by atoms with Gasteiger partial charge in [0.15, 0.2) is 0 Å². The van der Waals surface area contributed by atoms with Crippen LogP contribution in [0.1, 0.15) is 0 Å². The second-order valence-corrected chi connectivity index (χ2v) is 7.80. The van der Waals surface area contributed by atoms with Gasteiger partial charge >= 0.3 is 0 Å². The van der Waals surface area contributed by atoms with Crippen molar-refractivity contribution in [3.8, 4) is 0 Å². The summed E-state index contributed by atoms with van der Waals surface area (Å²) in [5, 5.41) is 4.35. The smallest absolute Gasteiger partial charge is 0.261 e. The minimum Gasteiger partial charge on any atom is -0.369 e. The van der Waals surface area contributed by atoms with Crippen LogP contribution in [0.4, 0.5) is 11.4 Å². The monoisotopic (exact) mass is 356 g/mol. The van der Waals surface area contributed by atoms with Crippen molar-refractivity contribution in [2.24, 2.45) is 0 Å². The maximum absolute atomic E-state index is 12.6. The molecule has 4 rings (SSSR count). The summed E-state index contributed by atoms with van der Waals surface area (Å²) in [5.41, 5.74) is 2.49. The fourth-order valence-electron chi connectivity index (χ4n) is 3.08. The summed E-state index contributed by atoms with van der Waals surface area (Å²) >= 11 is 0. The van der Waals surface area contributed by atoms with Crippen LogP contribution in [-0.2, 0) is 10.0 Å². The van der Waals surface area contributed by atoms with Gasteiger partial charge in [-0.05, 0) is 47.9 Å². The van der Waals surface area contributed by atoms with Crippen molar-refractivity contribution >= 4 is 32.3 Å². The van der Waals surface area contributed by atoms with E-state index < -0.39 is 10.0 Å². The van der Waals surface area contributed by atoms with Gasteiger partial charge in [-0.1, -0.05) is 6.07 Å². The van der Waals surface area contributed by atoms with Crippen LogP contribution in [0, 0.1) is 0 Å². The molecular weight excluding hydrogens is 336 g/mol. The lowest BCUT2D eigenvalue weighted by Crippen LogP contribution is -2.43. The number of aromatic nitrogens is 1. The summed E-state index contributed by atoms with van der Waals surface area (Å²) in [7, 11) is -3.61. The Morgan fingerprint density at radius 3 is 2.48 bits per heavy atom. The molecule has 7 heteroatoms. The molecule has 0 aliphatic carbocycles. The molecule has 25 heavy (non-hydrogen) atoms. The fraction of sp³-hybridized carbons (Fsp3) is 0.222. The number of hydrogen-bond donors (Lipinski definition) is 3. The molecule has 130 valence electrons. The number of H-pyrrole nitrogens is 1. The van der Waals surface area contributed by atoms with Crippen LogP contribution in [0.15, 0.2) is 59.6 Å². The van der Waals surface area contributed by atoms with Gasteiger partial charge in [0.05, 0.1) is 10.6 Å². The molecule has 0 bridgehead atoms. The molecule has 0 unspecified atom stereocenters. The number of hydrogen-bond acceptors (Lipinski definition) is 4. The Morgan fingerprint density at radius 1 is 0.960 bits per heavy atom. The van der Waals surface area contributed by atoms with Crippen LogP contribution in [-0.4, -0.2) is 39.6 Å². The average molecular weight is 356 g/mol. The second kappa shape index (κ2) is 6.42. The zero-order valence-corrected chi connectivity index (χ0v) is 14.5. The highest BCUT2D eigenvalue weighted by atomic mass is 32.2. The van der Waals surface area contributed by atoms with Crippen molar-refractivity contribution in [1.29, 1.82) is 0 Å². The van der Waals surface area contributed by atoms with E-state index in [1.807, 2.05) is 30.5 Å². The van der Waals surface area contributed by atoms with E-state index >= 15 is 0 Å². The number of piperazine rings is 1. The van der Waals surface area contributed by atoms with Gasteiger partial charge in [-0.15, -0.1) is 0 Å². The number of fused-ring (bicyclic) bond motifs is 1. The van der Waals surface area contributed by atoms with E-state index in [0.29, 0.717) is 5.69 Å². The molecule has 1 saturated heterocycles. The van der Waals surface area contributed by atoms with Crippen LogP contribution in [0.5, 0.6) is 0 Å². The number of anilines is 2. The second-order valence-electron chi connectivity index (χ2n) is 6.12. The zero-order chi connectivity index (χ0) is 17.3. The first kappa shape index (κ1) is 16.0. The quantitative estimate of drug-likeness (QED) is 0.671. The lowest BCUT2D eigenvalue weighted by molar-refractivity contribution is 0.589. The van der Waals surface area contributed by atoms with Crippen molar-refractivity contribution in [1.82, 2.24) is 10.3 Å². The van der Waals surface area contributed by atoms with Crippen molar-refractivity contribution in [2.75, 3.05) is 35.8 Å². The number of nitrogens with one attached hydrogen (secondary N) is 3. The SMILES string of the molecule is O=S(=O)(Nc1ccc2cc[nH]c2c1)c1ccc(N2CCNCC2)cc1. The third kappa shape index (κ3) is 3.33. The van der Waals surface area contributed by atoms with Crippen molar-refractivity contribution in [2.45, 2.75) is 4.90 Å². The van der Waals surface area contributed by atoms with Gasteiger partial charge in [-0.25, -0.2) is 8.42 Å². The van der Waals surface area contributed by atoms with Crippen LogP contribution in [0.2, 0.25) is 0 Å². The maximum Gasteiger partial charge on any atom is 0.261 e. The Bertz CT molecular complexity index is 974. The molecule has 0 saturated carbocycles. The lowest BCUT2D eigenvalue weighted by atomic mass is 10.2. The Hall–Kier alpha value is -2.51. The third-order valence-corrected chi connectivity index (χ3v) is 5.83. The van der Waals surface area contributed by atoms with Gasteiger partial charge in [0, 0.05) is 43.6 Å². The Morgan fingerprint density at radius 2 is 1.72 bits per heavy atom. The first-order chi connectivity index (χ1) is 12.1. The molecule has 0 radical (unpaired) electrons. The number of rotatable bonds is 4. The number of sulfonamides is 1. The van der Waals surface area contributed by atoms with Gasteiger partial charge < -0.3 is 15.2 Å². The molecule has 1 aliphatic heterocycles. The largest absolute Gasteiger partial charge is 0.369 e. The Balaban J connectivity index is 1.54. The lowest BCUT2D eigenvalue weighted by Gasteiger charge is -2.29. The summed E-state index contributed by atoms with van der Waals surface area (Å²) in [6.45, 7) is 3.76. The van der Waals surface area contributed by atoms with Crippen LogP contribution < -0.4 is 14.9 Å². The molecule has 6 nitrogen and oxygen atoms in total. The Kier molecular flexibility index (Phi) is 4.10. The topological polar surface area (TPSA) is 77.2 Å². The number of nitrogens with zero attached hydrogens (tertiary/aromatic N) is 1. The summed E-state index contributed by atoms with van der Waals surface area (Å²) in [5.74, 6) is 0. The van der Waals surface area contributed by atoms with Crippen LogP contribution in [0.3, 0.4) is 0 Å². The first-order valence-electron chi connectivity index (χ1n) is 8.27. The van der Waals surface area contributed by atoms with E-state index in [2.05, 4.69) is 19.9 Å². The average Bonchev–Trinajstić information content (AvgIpc) is 3.10. The van der Waals surface area contributed by atoms with E-state index in [1.54, 1.807) is 24.3 Å². The van der Waals surface area contributed by atoms with Gasteiger partial charge in [0.1, 0.15) is 0 Å². The molecule has 3 N–H and O–H groups in total. The predicted octanol–water partition coefficient (Wildman–Crippen LogP) is 2.38. The summed E-state index contributed by atoms with van der Waals surface area (Å²) < 4.78 is 27.9. The van der Waals surface area contributed by atoms with Gasteiger partial charge in [-0.3, -0.25) is 4.72 Å². The Labute approximate surface area is 146 Å². The molecule has 2 aromatic carbocycles. The van der Waals surface area contributed by atoms with Gasteiger partial charge in [0.2, 0.25) is 0 Å². The van der Waals surface area contributed by atoms with Crippen molar-refractivity contribution in [3.63, 3.8) is 0 Å². The molecule has 0 spiro atoms. The molecular formula is C18H20N4O2S. The predicted molar refractivity (Wildman–Crippen MR) is 101 cm³/mol. The molecule has 3 aromatic rings. The number of benzene rings is 2. The summed E-state index contributed by atoms with van der Waals surface area (Å²) in [6.07, 6.45) is 1.83. The first-order valence-corrected chi connectivity index (χ1v) is 9.76. The van der Waals surface area contributed by atoms with Crippen LogP contribution >= 0.6 is 0 Å². The van der Waals surface area contributed by atoms with E-state index in [4.69, 9.17) is 0 Å². The normalized spacial score (nSPS) is 15.4. The van der Waals surface area contributed by atoms with E-state index in [-0.39, 0.29) is 4.90 Å². The molecule has 1 aliphatic rings. The fourth-order valence-corrected chi connectivity index (χ4v) is 4.13. The van der Waals surface area contributed by atoms with Crippen molar-refractivity contribution < 1.29 is 8.42 Å². The number of aromatic amines is 1. The van der Waals surface area contributed by atoms with Crippen LogP contribution in [0.25, 0.3) is 10.9 Å². The highest BCUT2D eigenvalue weighted by molar-refractivity contribution is 7.92. The summed E-state index contributed by atoms with van der Waals surface area (Å²) in [4.78, 5) is 5.60. The third-order valence-electron chi connectivity index (χ3n) is 4.44. The maximum atomic E-state index is 12.6. The van der Waals surface area contributed by atoms with Crippen molar-refractivity contribution in [3.05, 3.63) is 54.7 Å². The van der Waals surface area contributed by atoms with E-state index in [1.165, 1.54) is 0 Å². The summed E-state index contributed by atoms with van der Waals surface area (Å²) in [6, 6.07) is 14.5. The van der Waals surface area contributed by atoms with E-state index in [0.717, 1.165) is 42.8 Å². The minimum absolute atomic E-state index is 0.262. The highest BCUT2D eigenvalue weighted by Crippen LogP contribution is 2.23. The van der Waals surface area contributed by atoms with E-state index in [9.17, 15) is 8.42 Å². The zero-order valence-electron chi connectivity index (χ0n) is 13.7. The molecule has 0 atom stereocenters. The molecule has 2 heterocycles. The minimum atomic E-state index is -3.61. The standard InChI is InChI=1S/C18H20N4O2S/c23-25(24,21-15-2-1-14-7-8-20-18(14)13-15)17-5-3-16(4-6-17)22-11-9-19-10-12-22/h1-8,13,19-21H,9-12H2. The van der Waals surface area contributed by atoms with Gasteiger partial charge in [0.25, 0.3) is 10.0 Å². The van der Waals surface area contributed by atoms with Gasteiger partial charge in [-0.2, -0.15) is 0 Å². The molecule has 0 amide bonds. The highest BCUT2D eigenvalue weighted by Gasteiger charge is 2.16. The molecule has 1 fully saturated rings. The molecule has 1 aromatic heterocycles.